The SMILES string of the molecule is CCS(=O)(=O)c1ccccc1N[C@@H]1CCO[C@@]2(CCSC2)C1. The lowest BCUT2D eigenvalue weighted by atomic mass is 9.90. The van der Waals surface area contributed by atoms with E-state index in [1.807, 2.05) is 23.9 Å². The normalized spacial score (nSPS) is 28.9. The summed E-state index contributed by atoms with van der Waals surface area (Å²) < 4.78 is 30.5. The smallest absolute Gasteiger partial charge is 0.180 e. The van der Waals surface area contributed by atoms with Crippen LogP contribution in [0, 0.1) is 0 Å². The van der Waals surface area contributed by atoms with Crippen molar-refractivity contribution in [2.45, 2.75) is 42.7 Å². The lowest BCUT2D eigenvalue weighted by molar-refractivity contribution is -0.0628. The highest BCUT2D eigenvalue weighted by atomic mass is 32.2. The minimum absolute atomic E-state index is 0.000835. The maximum Gasteiger partial charge on any atom is 0.180 e. The van der Waals surface area contributed by atoms with Gasteiger partial charge in [-0.05, 0) is 37.1 Å². The van der Waals surface area contributed by atoms with Crippen LogP contribution in [0.1, 0.15) is 26.2 Å². The van der Waals surface area contributed by atoms with E-state index in [4.69, 9.17) is 4.74 Å². The molecule has 0 aromatic heterocycles. The van der Waals surface area contributed by atoms with Crippen molar-refractivity contribution >= 4 is 27.3 Å². The molecule has 3 rings (SSSR count). The van der Waals surface area contributed by atoms with E-state index in [9.17, 15) is 8.42 Å². The van der Waals surface area contributed by atoms with Crippen molar-refractivity contribution in [2.24, 2.45) is 0 Å². The average molecular weight is 341 g/mol. The fraction of sp³-hybridized carbons (Fsp3) is 0.625. The lowest BCUT2D eigenvalue weighted by Crippen LogP contribution is -2.44. The second kappa shape index (κ2) is 6.42. The monoisotopic (exact) mass is 341 g/mol. The average Bonchev–Trinajstić information content (AvgIpc) is 2.95. The van der Waals surface area contributed by atoms with Crippen LogP contribution in [0.25, 0.3) is 0 Å². The van der Waals surface area contributed by atoms with E-state index in [2.05, 4.69) is 5.32 Å². The molecule has 4 nitrogen and oxygen atoms in total. The van der Waals surface area contributed by atoms with E-state index in [0.717, 1.165) is 43.1 Å². The highest BCUT2D eigenvalue weighted by molar-refractivity contribution is 7.99. The number of nitrogens with one attached hydrogen (secondary N) is 1. The number of hydrogen-bond acceptors (Lipinski definition) is 5. The van der Waals surface area contributed by atoms with E-state index in [1.54, 1.807) is 19.1 Å². The fourth-order valence-corrected chi connectivity index (χ4v) is 5.68. The number of anilines is 1. The third kappa shape index (κ3) is 3.29. The first-order valence-electron chi connectivity index (χ1n) is 7.85. The predicted molar refractivity (Wildman–Crippen MR) is 91.4 cm³/mol. The molecule has 2 fully saturated rings. The van der Waals surface area contributed by atoms with Gasteiger partial charge in [-0.25, -0.2) is 8.42 Å². The van der Waals surface area contributed by atoms with Gasteiger partial charge >= 0.3 is 0 Å². The molecule has 122 valence electrons. The molecule has 2 atom stereocenters. The Morgan fingerprint density at radius 3 is 2.95 bits per heavy atom. The van der Waals surface area contributed by atoms with E-state index in [1.165, 1.54) is 0 Å². The molecule has 2 heterocycles. The number of sulfone groups is 1. The van der Waals surface area contributed by atoms with Gasteiger partial charge in [0.2, 0.25) is 0 Å². The van der Waals surface area contributed by atoms with Crippen LogP contribution in [0.15, 0.2) is 29.2 Å². The van der Waals surface area contributed by atoms with Crippen LogP contribution in [0.5, 0.6) is 0 Å². The number of benzene rings is 1. The van der Waals surface area contributed by atoms with Gasteiger partial charge in [-0.15, -0.1) is 0 Å². The highest BCUT2D eigenvalue weighted by Gasteiger charge is 2.40. The van der Waals surface area contributed by atoms with Crippen LogP contribution < -0.4 is 5.32 Å². The molecule has 1 aromatic rings. The van der Waals surface area contributed by atoms with Gasteiger partial charge in [0, 0.05) is 18.4 Å². The number of hydrogen-bond donors (Lipinski definition) is 1. The van der Waals surface area contributed by atoms with E-state index >= 15 is 0 Å². The van der Waals surface area contributed by atoms with E-state index < -0.39 is 9.84 Å². The van der Waals surface area contributed by atoms with Gasteiger partial charge in [0.05, 0.1) is 21.9 Å². The summed E-state index contributed by atoms with van der Waals surface area (Å²) in [5.74, 6) is 2.34. The fourth-order valence-electron chi connectivity index (χ4n) is 3.25. The molecular weight excluding hydrogens is 318 g/mol. The molecule has 1 aromatic carbocycles. The van der Waals surface area contributed by atoms with Gasteiger partial charge in [0.15, 0.2) is 9.84 Å². The van der Waals surface area contributed by atoms with Crippen molar-refractivity contribution in [1.82, 2.24) is 0 Å². The molecule has 6 heteroatoms. The summed E-state index contributed by atoms with van der Waals surface area (Å²) in [5, 5.41) is 3.47. The standard InChI is InChI=1S/C16H23NO3S2/c1-2-22(18,19)15-6-4-3-5-14(15)17-13-7-9-20-16(11-13)8-10-21-12-16/h3-6,13,17H,2,7-12H2,1H3/t13-,16+/m1/s1. The molecule has 0 radical (unpaired) electrons. The Kier molecular flexibility index (Phi) is 4.71. The minimum Gasteiger partial charge on any atom is -0.381 e. The zero-order valence-corrected chi connectivity index (χ0v) is 14.5. The van der Waals surface area contributed by atoms with Crippen LogP contribution in [0.3, 0.4) is 0 Å². The van der Waals surface area contributed by atoms with Gasteiger partial charge in [0.25, 0.3) is 0 Å². The first kappa shape index (κ1) is 16.1. The quantitative estimate of drug-likeness (QED) is 0.912. The molecule has 0 aliphatic carbocycles. The lowest BCUT2D eigenvalue weighted by Gasteiger charge is -2.38. The number of para-hydroxylation sites is 1. The van der Waals surface area contributed by atoms with Gasteiger partial charge < -0.3 is 10.1 Å². The molecule has 2 aliphatic heterocycles. The van der Waals surface area contributed by atoms with Crippen molar-refractivity contribution in [1.29, 1.82) is 0 Å². The molecule has 22 heavy (non-hydrogen) atoms. The van der Waals surface area contributed by atoms with Gasteiger partial charge in [0.1, 0.15) is 0 Å². The largest absolute Gasteiger partial charge is 0.381 e. The molecular formula is C16H23NO3S2. The van der Waals surface area contributed by atoms with Crippen molar-refractivity contribution in [3.05, 3.63) is 24.3 Å². The third-order valence-electron chi connectivity index (χ3n) is 4.52. The van der Waals surface area contributed by atoms with Gasteiger partial charge in [-0.2, -0.15) is 11.8 Å². The highest BCUT2D eigenvalue weighted by Crippen LogP contribution is 2.39. The van der Waals surface area contributed by atoms with E-state index in [0.29, 0.717) is 4.90 Å². The molecule has 1 N–H and O–H groups in total. The topological polar surface area (TPSA) is 55.4 Å². The van der Waals surface area contributed by atoms with Crippen molar-refractivity contribution < 1.29 is 13.2 Å². The molecule has 0 saturated carbocycles. The summed E-state index contributed by atoms with van der Waals surface area (Å²) in [4.78, 5) is 0.416. The molecule has 2 aliphatic rings. The number of thioether (sulfide) groups is 1. The molecule has 0 bridgehead atoms. The maximum absolute atomic E-state index is 12.2. The Balaban J connectivity index is 1.79. The first-order valence-corrected chi connectivity index (χ1v) is 10.7. The molecule has 0 amide bonds. The van der Waals surface area contributed by atoms with Crippen molar-refractivity contribution in [3.63, 3.8) is 0 Å². The summed E-state index contributed by atoms with van der Waals surface area (Å²) in [5.41, 5.74) is 0.733. The summed E-state index contributed by atoms with van der Waals surface area (Å²) in [7, 11) is -3.21. The van der Waals surface area contributed by atoms with Crippen LogP contribution in [0.2, 0.25) is 0 Å². The predicted octanol–water partition coefficient (Wildman–Crippen LogP) is 2.95. The first-order chi connectivity index (χ1) is 10.5. The Bertz CT molecular complexity index is 624. The van der Waals surface area contributed by atoms with Crippen LogP contribution in [-0.4, -0.2) is 43.9 Å². The van der Waals surface area contributed by atoms with E-state index in [-0.39, 0.29) is 17.4 Å². The van der Waals surface area contributed by atoms with Crippen molar-refractivity contribution in [2.75, 3.05) is 29.2 Å². The second-order valence-electron chi connectivity index (χ2n) is 6.07. The molecule has 0 unspecified atom stereocenters. The number of ether oxygens (including phenoxy) is 1. The molecule has 2 saturated heterocycles. The van der Waals surface area contributed by atoms with Crippen LogP contribution in [0.4, 0.5) is 5.69 Å². The maximum atomic E-state index is 12.2. The number of rotatable bonds is 4. The summed E-state index contributed by atoms with van der Waals surface area (Å²) in [6.07, 6.45) is 2.98. The Labute approximate surface area is 136 Å². The Hall–Kier alpha value is -0.720. The molecule has 1 spiro atoms. The third-order valence-corrected chi connectivity index (χ3v) is 7.53. The zero-order valence-electron chi connectivity index (χ0n) is 12.9. The summed E-state index contributed by atoms with van der Waals surface area (Å²) in [6.45, 7) is 2.44. The van der Waals surface area contributed by atoms with Crippen LogP contribution >= 0.6 is 11.8 Å². The van der Waals surface area contributed by atoms with Gasteiger partial charge in [-0.1, -0.05) is 19.1 Å². The minimum atomic E-state index is -3.21. The summed E-state index contributed by atoms with van der Waals surface area (Å²) in [6, 6.07) is 7.51. The van der Waals surface area contributed by atoms with Crippen molar-refractivity contribution in [3.8, 4) is 0 Å². The zero-order chi connectivity index (χ0) is 15.6. The summed E-state index contributed by atoms with van der Waals surface area (Å²) >= 11 is 1.95. The Morgan fingerprint density at radius 1 is 1.41 bits per heavy atom. The van der Waals surface area contributed by atoms with Crippen LogP contribution in [-0.2, 0) is 14.6 Å². The van der Waals surface area contributed by atoms with Gasteiger partial charge in [-0.3, -0.25) is 0 Å². The second-order valence-corrected chi connectivity index (χ2v) is 9.42. The Morgan fingerprint density at radius 2 is 2.23 bits per heavy atom.